The van der Waals surface area contributed by atoms with Gasteiger partial charge in [0.1, 0.15) is 47.8 Å². The molecule has 0 unspecified atom stereocenters. The van der Waals surface area contributed by atoms with E-state index < -0.39 is 8.07 Å². The van der Waals surface area contributed by atoms with E-state index in [1.165, 1.54) is 18.3 Å². The quantitative estimate of drug-likeness (QED) is 0.0664. The zero-order valence-corrected chi connectivity index (χ0v) is 28.9. The predicted octanol–water partition coefficient (Wildman–Crippen LogP) is 10.4. The topological polar surface area (TPSA) is 103 Å². The van der Waals surface area contributed by atoms with Crippen LogP contribution in [0.4, 0.5) is 4.39 Å². The standard InChI is InChI=1S/C13H9FN2.C9H11ClN2Si.C7H6N2.C4H2Cl2N2.5CH4/c1-10-15-9-8-13(16-10)7-4-11-2-5-12(14)6-3-11;1-13(2,3)7-5-8-4-6-11-9(10)12-8;1-3-7-4-5-8-6(2)9-7;5-3-1-2-7-4(6)8-3;;;;;/h2-3,5-6,8-9H,1H3;4,6H,1-3H3;1,4-5H,2H3;1-2H;5*1H4. The first-order valence-corrected chi connectivity index (χ1v) is 18.0. The van der Waals surface area contributed by atoms with Gasteiger partial charge in [0.05, 0.1) is 0 Å². The molecule has 272 valence electrons. The molecule has 0 aliphatic heterocycles. The van der Waals surface area contributed by atoms with E-state index in [1.807, 2.05) is 6.92 Å². The zero-order chi connectivity index (χ0) is 34.0. The largest absolute Gasteiger partial charge is 0.242 e. The molecular formula is C38H48Cl3FN8Si. The van der Waals surface area contributed by atoms with Crippen molar-refractivity contribution in [1.29, 1.82) is 0 Å². The van der Waals surface area contributed by atoms with Crippen LogP contribution in [0, 0.1) is 55.3 Å². The van der Waals surface area contributed by atoms with Crippen LogP contribution < -0.4 is 0 Å². The van der Waals surface area contributed by atoms with Gasteiger partial charge in [0, 0.05) is 30.4 Å². The van der Waals surface area contributed by atoms with Crippen molar-refractivity contribution in [2.75, 3.05) is 0 Å². The molecule has 5 rings (SSSR count). The molecule has 0 aliphatic rings. The molecule has 0 radical (unpaired) electrons. The van der Waals surface area contributed by atoms with Gasteiger partial charge in [0.2, 0.25) is 10.6 Å². The van der Waals surface area contributed by atoms with Crippen molar-refractivity contribution in [1.82, 2.24) is 39.9 Å². The van der Waals surface area contributed by atoms with Gasteiger partial charge in [-0.05, 0) is 91.5 Å². The normalized spacial score (nSPS) is 8.55. The Balaban J connectivity index is -0.000000289. The molecule has 0 saturated carbocycles. The highest BCUT2D eigenvalue weighted by atomic mass is 35.5. The summed E-state index contributed by atoms with van der Waals surface area (Å²) in [6.07, 6.45) is 11.5. The molecule has 13 heteroatoms. The summed E-state index contributed by atoms with van der Waals surface area (Å²) in [7, 11) is -1.32. The second-order valence-electron chi connectivity index (χ2n) is 9.74. The fourth-order valence-electron chi connectivity index (χ4n) is 2.70. The highest BCUT2D eigenvalue weighted by Crippen LogP contribution is 2.05. The van der Waals surface area contributed by atoms with Gasteiger partial charge >= 0.3 is 0 Å². The third kappa shape index (κ3) is 24.9. The first-order valence-electron chi connectivity index (χ1n) is 13.3. The van der Waals surface area contributed by atoms with E-state index in [-0.39, 0.29) is 53.5 Å². The van der Waals surface area contributed by atoms with Crippen LogP contribution in [0.25, 0.3) is 0 Å². The van der Waals surface area contributed by atoms with Crippen LogP contribution in [-0.2, 0) is 0 Å². The summed E-state index contributed by atoms with van der Waals surface area (Å²) in [5.74, 6) is 12.4. The van der Waals surface area contributed by atoms with E-state index in [9.17, 15) is 4.39 Å². The molecule has 4 aromatic heterocycles. The number of terminal acetylenes is 1. The Morgan fingerprint density at radius 3 is 1.43 bits per heavy atom. The average Bonchev–Trinajstić information content (AvgIpc) is 3.00. The van der Waals surface area contributed by atoms with Crippen molar-refractivity contribution in [2.24, 2.45) is 0 Å². The summed E-state index contributed by atoms with van der Waals surface area (Å²) >= 11 is 16.4. The predicted molar refractivity (Wildman–Crippen MR) is 217 cm³/mol. The lowest BCUT2D eigenvalue weighted by molar-refractivity contribution is 0.627. The van der Waals surface area contributed by atoms with Crippen molar-refractivity contribution in [3.05, 3.63) is 129 Å². The van der Waals surface area contributed by atoms with Crippen LogP contribution in [0.1, 0.15) is 71.4 Å². The average molecular weight is 770 g/mol. The Morgan fingerprint density at radius 1 is 0.569 bits per heavy atom. The molecule has 8 nitrogen and oxygen atoms in total. The molecule has 1 aromatic carbocycles. The van der Waals surface area contributed by atoms with Crippen molar-refractivity contribution in [3.8, 4) is 35.6 Å². The summed E-state index contributed by atoms with van der Waals surface area (Å²) in [6, 6.07) is 12.8. The number of hydrogen-bond acceptors (Lipinski definition) is 8. The van der Waals surface area contributed by atoms with Gasteiger partial charge in [-0.1, -0.05) is 86.1 Å². The number of halogens is 4. The molecular weight excluding hydrogens is 722 g/mol. The minimum Gasteiger partial charge on any atom is -0.242 e. The highest BCUT2D eigenvalue weighted by Gasteiger charge is 2.07. The molecule has 0 amide bonds. The fourth-order valence-corrected chi connectivity index (χ4v) is 3.68. The van der Waals surface area contributed by atoms with Crippen LogP contribution >= 0.6 is 34.8 Å². The van der Waals surface area contributed by atoms with Crippen molar-refractivity contribution < 1.29 is 4.39 Å². The highest BCUT2D eigenvalue weighted by molar-refractivity contribution is 6.83. The Bertz CT molecular complexity index is 1870. The number of hydrogen-bond donors (Lipinski definition) is 0. The molecule has 4 heterocycles. The van der Waals surface area contributed by atoms with Crippen LogP contribution in [0.15, 0.2) is 73.3 Å². The zero-order valence-electron chi connectivity index (χ0n) is 25.6. The van der Waals surface area contributed by atoms with Crippen LogP contribution in [0.3, 0.4) is 0 Å². The van der Waals surface area contributed by atoms with Crippen LogP contribution in [0.2, 0.25) is 35.4 Å². The van der Waals surface area contributed by atoms with Gasteiger partial charge < -0.3 is 0 Å². The molecule has 0 spiro atoms. The van der Waals surface area contributed by atoms with Crippen molar-refractivity contribution in [3.63, 3.8) is 0 Å². The third-order valence-electron chi connectivity index (χ3n) is 4.66. The van der Waals surface area contributed by atoms with E-state index in [4.69, 9.17) is 41.2 Å². The first kappa shape index (κ1) is 53.0. The maximum Gasteiger partial charge on any atom is 0.223 e. The van der Waals surface area contributed by atoms with Crippen LogP contribution in [-0.4, -0.2) is 47.9 Å². The van der Waals surface area contributed by atoms with E-state index in [2.05, 4.69) is 88.7 Å². The summed E-state index contributed by atoms with van der Waals surface area (Å²) < 4.78 is 12.6. The van der Waals surface area contributed by atoms with Gasteiger partial charge in [-0.2, -0.15) is 0 Å². The first-order chi connectivity index (χ1) is 21.8. The maximum atomic E-state index is 12.6. The number of aryl methyl sites for hydroxylation is 2. The van der Waals surface area contributed by atoms with Gasteiger partial charge in [-0.15, -0.1) is 12.0 Å². The lowest BCUT2D eigenvalue weighted by Crippen LogP contribution is -2.16. The van der Waals surface area contributed by atoms with Gasteiger partial charge in [-0.25, -0.2) is 44.3 Å². The second-order valence-corrected chi connectivity index (χ2v) is 15.6. The van der Waals surface area contributed by atoms with E-state index in [0.29, 0.717) is 33.9 Å². The summed E-state index contributed by atoms with van der Waals surface area (Å²) in [6.45, 7) is 10.2. The minimum atomic E-state index is -1.32. The van der Waals surface area contributed by atoms with E-state index in [1.54, 1.807) is 61.9 Å². The van der Waals surface area contributed by atoms with Crippen molar-refractivity contribution in [2.45, 2.75) is 70.6 Å². The lowest BCUT2D eigenvalue weighted by Gasteiger charge is -2.02. The van der Waals surface area contributed by atoms with Crippen LogP contribution in [0.5, 0.6) is 0 Å². The summed E-state index contributed by atoms with van der Waals surface area (Å²) in [5, 5.41) is 0.796. The summed E-state index contributed by atoms with van der Waals surface area (Å²) in [4.78, 5) is 30.9. The minimum absolute atomic E-state index is 0. The number of rotatable bonds is 0. The lowest BCUT2D eigenvalue weighted by atomic mass is 10.2. The maximum absolute atomic E-state index is 12.6. The Morgan fingerprint density at radius 2 is 1.02 bits per heavy atom. The Kier molecular flexibility index (Phi) is 29.1. The molecule has 0 atom stereocenters. The molecule has 0 bridgehead atoms. The number of benzene rings is 1. The molecule has 0 fully saturated rings. The van der Waals surface area contributed by atoms with E-state index >= 15 is 0 Å². The SMILES string of the molecule is C.C.C.C.C.C#Cc1ccnc(C)n1.C[Si](C)(C)C#Cc1ccnc(Cl)n1.Cc1nccc(C#Cc2ccc(F)cc2)n1.Clc1ccnc(Cl)n1. The molecule has 0 aliphatic carbocycles. The third-order valence-corrected chi connectivity index (χ3v) is 6.11. The van der Waals surface area contributed by atoms with Crippen molar-refractivity contribution >= 4 is 42.9 Å². The molecule has 5 aromatic rings. The molecule has 0 saturated heterocycles. The Labute approximate surface area is 321 Å². The van der Waals surface area contributed by atoms with Gasteiger partial charge in [-0.3, -0.25) is 0 Å². The fraction of sp³-hybridized carbons (Fsp3) is 0.263. The molecule has 0 N–H and O–H groups in total. The smallest absolute Gasteiger partial charge is 0.223 e. The van der Waals surface area contributed by atoms with Gasteiger partial charge in [0.15, 0.2) is 0 Å². The second kappa shape index (κ2) is 28.0. The van der Waals surface area contributed by atoms with Gasteiger partial charge in [0.25, 0.3) is 0 Å². The monoisotopic (exact) mass is 768 g/mol. The summed E-state index contributed by atoms with van der Waals surface area (Å²) in [5.41, 5.74) is 5.97. The molecule has 51 heavy (non-hydrogen) atoms. The van der Waals surface area contributed by atoms with E-state index in [0.717, 1.165) is 5.56 Å². The Hall–Kier alpha value is -4.76. The number of aromatic nitrogens is 8. The number of nitrogens with zero attached hydrogens (tertiary/aromatic N) is 8.